The summed E-state index contributed by atoms with van der Waals surface area (Å²) in [6.45, 7) is 2.76. The van der Waals surface area contributed by atoms with Crippen LogP contribution in [0.4, 0.5) is 19.0 Å². The van der Waals surface area contributed by atoms with Crippen LogP contribution in [0.3, 0.4) is 0 Å². The highest BCUT2D eigenvalue weighted by atomic mass is 19.1. The van der Waals surface area contributed by atoms with Gasteiger partial charge < -0.3 is 19.9 Å². The zero-order chi connectivity index (χ0) is 26.3. The second-order valence-electron chi connectivity index (χ2n) is 9.63. The molecule has 5 rings (SSSR count). The third kappa shape index (κ3) is 4.83. The van der Waals surface area contributed by atoms with E-state index < -0.39 is 57.9 Å². The van der Waals surface area contributed by atoms with Crippen LogP contribution >= 0.6 is 0 Å². The molecule has 10 heteroatoms. The number of carbonyl (C=O) groups is 1. The summed E-state index contributed by atoms with van der Waals surface area (Å²) in [5.41, 5.74) is 4.50. The molecular weight excluding hydrogens is 489 g/mol. The molecule has 1 saturated heterocycles. The Hall–Kier alpha value is -3.37. The smallest absolute Gasteiger partial charge is 0.256 e. The van der Waals surface area contributed by atoms with Crippen LogP contribution < -0.4 is 16.0 Å². The number of aromatic nitrogens is 1. The maximum Gasteiger partial charge on any atom is 0.256 e. The van der Waals surface area contributed by atoms with E-state index in [0.717, 1.165) is 18.2 Å². The number of hydrogen-bond donors (Lipinski definition) is 1. The van der Waals surface area contributed by atoms with Crippen molar-refractivity contribution in [2.45, 2.75) is 44.5 Å². The lowest BCUT2D eigenvalue weighted by atomic mass is 9.84. The molecule has 7 nitrogen and oxygen atoms in total. The molecule has 2 unspecified atom stereocenters. The average Bonchev–Trinajstić information content (AvgIpc) is 3.30. The Balaban J connectivity index is 1.40. The Morgan fingerprint density at radius 1 is 1.11 bits per heavy atom. The standard InChI is InChI=1S/C27H27F3N2O5/c1-15-12-16(28)2-3-19(15)25(34)20-4-5-23(33)32(26(20)31)24-21(29)13-18(14-22(24)30)37-17-6-8-27(9-7-17)35-10-11-36-27/h2-5,12-15,17,19H,6-11,31H2,1H3. The number of Topliss-reactive ketones (excluding diaryl/α,β-unsaturated/α-hetero) is 1. The number of halogens is 3. The molecule has 1 aliphatic heterocycles. The molecule has 1 saturated carbocycles. The second kappa shape index (κ2) is 9.83. The van der Waals surface area contributed by atoms with Gasteiger partial charge in [0.1, 0.15) is 23.1 Å². The summed E-state index contributed by atoms with van der Waals surface area (Å²) in [4.78, 5) is 25.8. The maximum absolute atomic E-state index is 15.2. The third-order valence-corrected chi connectivity index (χ3v) is 7.17. The van der Waals surface area contributed by atoms with Crippen LogP contribution in [0.2, 0.25) is 0 Å². The lowest BCUT2D eigenvalue weighted by Gasteiger charge is -2.35. The number of benzene rings is 1. The minimum Gasteiger partial charge on any atom is -0.490 e. The fraction of sp³-hybridized carbons (Fsp3) is 0.407. The molecule has 0 radical (unpaired) electrons. The summed E-state index contributed by atoms with van der Waals surface area (Å²) in [5.74, 6) is -5.33. The molecule has 2 fully saturated rings. The number of pyridine rings is 1. The molecule has 2 aliphatic carbocycles. The molecule has 3 aliphatic rings. The van der Waals surface area contributed by atoms with Crippen LogP contribution in [-0.2, 0) is 9.47 Å². The van der Waals surface area contributed by atoms with E-state index in [1.807, 2.05) is 0 Å². The number of nitrogens with zero attached hydrogens (tertiary/aromatic N) is 1. The number of hydrogen-bond acceptors (Lipinski definition) is 6. The van der Waals surface area contributed by atoms with Gasteiger partial charge >= 0.3 is 0 Å². The van der Waals surface area contributed by atoms with Gasteiger partial charge in [-0.15, -0.1) is 0 Å². The largest absolute Gasteiger partial charge is 0.490 e. The zero-order valence-corrected chi connectivity index (χ0v) is 20.2. The van der Waals surface area contributed by atoms with Gasteiger partial charge in [0.15, 0.2) is 23.2 Å². The molecule has 0 amide bonds. The number of ether oxygens (including phenoxy) is 3. The first-order valence-electron chi connectivity index (χ1n) is 12.2. The average molecular weight is 517 g/mol. The zero-order valence-electron chi connectivity index (χ0n) is 20.2. The van der Waals surface area contributed by atoms with E-state index in [4.69, 9.17) is 19.9 Å². The summed E-state index contributed by atoms with van der Waals surface area (Å²) in [5, 5.41) is 0. The number of allylic oxidation sites excluding steroid dienone is 4. The van der Waals surface area contributed by atoms with Gasteiger partial charge in [0.05, 0.1) is 24.9 Å². The maximum atomic E-state index is 15.2. The number of rotatable bonds is 5. The van der Waals surface area contributed by atoms with E-state index in [2.05, 4.69) is 0 Å². The molecule has 2 N–H and O–H groups in total. The molecule has 1 aromatic heterocycles. The number of carbonyl (C=O) groups excluding carboxylic acids is 1. The van der Waals surface area contributed by atoms with Crippen LogP contribution in [0.1, 0.15) is 43.0 Å². The van der Waals surface area contributed by atoms with Crippen molar-refractivity contribution in [3.63, 3.8) is 0 Å². The third-order valence-electron chi connectivity index (χ3n) is 7.17. The fourth-order valence-corrected chi connectivity index (χ4v) is 5.23. The lowest BCUT2D eigenvalue weighted by Crippen LogP contribution is -2.38. The topological polar surface area (TPSA) is 92.8 Å². The number of nitrogens with two attached hydrogens (primary N) is 1. The van der Waals surface area contributed by atoms with E-state index in [1.54, 1.807) is 6.92 Å². The normalized spacial score (nSPS) is 23.3. The molecule has 2 atom stereocenters. The van der Waals surface area contributed by atoms with Gasteiger partial charge in [0.25, 0.3) is 5.56 Å². The molecule has 2 aromatic rings. The summed E-state index contributed by atoms with van der Waals surface area (Å²) >= 11 is 0. The quantitative estimate of drug-likeness (QED) is 0.583. The Morgan fingerprint density at radius 2 is 1.76 bits per heavy atom. The summed E-state index contributed by atoms with van der Waals surface area (Å²) in [6, 6.07) is 4.22. The Bertz CT molecular complexity index is 1310. The molecule has 37 heavy (non-hydrogen) atoms. The monoisotopic (exact) mass is 516 g/mol. The van der Waals surface area contributed by atoms with E-state index in [1.165, 1.54) is 24.3 Å². The van der Waals surface area contributed by atoms with Gasteiger partial charge in [0.2, 0.25) is 0 Å². The molecular formula is C27H27F3N2O5. The van der Waals surface area contributed by atoms with E-state index >= 15 is 8.78 Å². The van der Waals surface area contributed by atoms with Crippen molar-refractivity contribution in [1.29, 1.82) is 0 Å². The molecule has 1 spiro atoms. The number of anilines is 1. The van der Waals surface area contributed by atoms with Gasteiger partial charge in [-0.05, 0) is 37.0 Å². The van der Waals surface area contributed by atoms with Gasteiger partial charge in [-0.1, -0.05) is 13.0 Å². The summed E-state index contributed by atoms with van der Waals surface area (Å²) in [7, 11) is 0. The molecule has 0 bridgehead atoms. The van der Waals surface area contributed by atoms with Crippen LogP contribution in [0.15, 0.2) is 53.1 Å². The first kappa shape index (κ1) is 25.3. The van der Waals surface area contributed by atoms with E-state index in [0.29, 0.717) is 43.5 Å². The first-order chi connectivity index (χ1) is 17.7. The van der Waals surface area contributed by atoms with Gasteiger partial charge in [-0.3, -0.25) is 14.2 Å². The van der Waals surface area contributed by atoms with Crippen molar-refractivity contribution >= 4 is 11.6 Å². The number of ketones is 1. The molecule has 196 valence electrons. The minimum atomic E-state index is -1.07. The fourth-order valence-electron chi connectivity index (χ4n) is 5.23. The van der Waals surface area contributed by atoms with Crippen LogP contribution in [0.5, 0.6) is 5.75 Å². The first-order valence-corrected chi connectivity index (χ1v) is 12.2. The van der Waals surface area contributed by atoms with Gasteiger partial charge in [0, 0.05) is 37.0 Å². The van der Waals surface area contributed by atoms with E-state index in [-0.39, 0.29) is 17.4 Å². The minimum absolute atomic E-state index is 0.0261. The number of nitrogen functional groups attached to an aromatic ring is 1. The van der Waals surface area contributed by atoms with Crippen molar-refractivity contribution in [3.8, 4) is 11.4 Å². The van der Waals surface area contributed by atoms with Crippen molar-refractivity contribution in [3.05, 3.63) is 75.9 Å². The van der Waals surface area contributed by atoms with Crippen LogP contribution in [-0.4, -0.2) is 35.5 Å². The summed E-state index contributed by atoms with van der Waals surface area (Å²) < 4.78 is 61.8. The highest BCUT2D eigenvalue weighted by Crippen LogP contribution is 2.38. The van der Waals surface area contributed by atoms with E-state index in [9.17, 15) is 14.0 Å². The summed E-state index contributed by atoms with van der Waals surface area (Å²) in [6.07, 6.45) is 6.02. The van der Waals surface area contributed by atoms with Gasteiger partial charge in [-0.25, -0.2) is 13.2 Å². The van der Waals surface area contributed by atoms with Crippen molar-refractivity contribution < 1.29 is 32.2 Å². The predicted molar refractivity (Wildman–Crippen MR) is 129 cm³/mol. The highest BCUT2D eigenvalue weighted by Gasteiger charge is 2.41. The van der Waals surface area contributed by atoms with Crippen molar-refractivity contribution in [1.82, 2.24) is 4.57 Å². The lowest BCUT2D eigenvalue weighted by molar-refractivity contribution is -0.186. The van der Waals surface area contributed by atoms with Gasteiger partial charge in [-0.2, -0.15) is 0 Å². The Morgan fingerprint density at radius 3 is 2.38 bits per heavy atom. The Kier molecular flexibility index (Phi) is 6.72. The molecule has 1 aromatic carbocycles. The highest BCUT2D eigenvalue weighted by molar-refractivity contribution is 6.03. The van der Waals surface area contributed by atoms with Crippen molar-refractivity contribution in [2.24, 2.45) is 11.8 Å². The van der Waals surface area contributed by atoms with Crippen LogP contribution in [0, 0.1) is 23.5 Å². The molecule has 2 heterocycles. The van der Waals surface area contributed by atoms with Crippen molar-refractivity contribution in [2.75, 3.05) is 18.9 Å². The Labute approximate surface area is 211 Å². The van der Waals surface area contributed by atoms with Crippen LogP contribution in [0.25, 0.3) is 5.69 Å². The second-order valence-corrected chi connectivity index (χ2v) is 9.63. The predicted octanol–water partition coefficient (Wildman–Crippen LogP) is 4.62. The SMILES string of the molecule is CC1C=C(F)C=CC1C(=O)c1ccc(=O)n(-c2c(F)cc(OC3CCC4(CC3)OCCO4)cc2F)c1N.